The zero-order chi connectivity index (χ0) is 22.8. The second-order valence-corrected chi connectivity index (χ2v) is 8.62. The van der Waals surface area contributed by atoms with Crippen molar-refractivity contribution in [3.05, 3.63) is 57.4 Å². The molecule has 1 amide bonds. The number of hydrogen-bond acceptors (Lipinski definition) is 8. The Bertz CT molecular complexity index is 1320. The molecule has 3 heterocycles. The van der Waals surface area contributed by atoms with E-state index in [1.165, 1.54) is 7.11 Å². The van der Waals surface area contributed by atoms with Gasteiger partial charge in [-0.1, -0.05) is 17.3 Å². The van der Waals surface area contributed by atoms with Gasteiger partial charge in [-0.2, -0.15) is 0 Å². The number of thiophene rings is 1. The molecule has 32 heavy (non-hydrogen) atoms. The van der Waals surface area contributed by atoms with E-state index in [1.807, 2.05) is 19.9 Å². The summed E-state index contributed by atoms with van der Waals surface area (Å²) in [7, 11) is 1.51. The molecule has 164 valence electrons. The van der Waals surface area contributed by atoms with E-state index >= 15 is 0 Å². The van der Waals surface area contributed by atoms with Crippen LogP contribution in [0.1, 0.15) is 25.8 Å². The lowest BCUT2D eigenvalue weighted by molar-refractivity contribution is -0.119. The van der Waals surface area contributed by atoms with Crippen LogP contribution >= 0.6 is 11.3 Å². The van der Waals surface area contributed by atoms with Crippen molar-refractivity contribution in [2.24, 2.45) is 0 Å². The van der Waals surface area contributed by atoms with Crippen molar-refractivity contribution in [3.63, 3.8) is 0 Å². The number of rotatable bonds is 6. The van der Waals surface area contributed by atoms with Gasteiger partial charge in [0, 0.05) is 15.3 Å². The third-order valence-corrected chi connectivity index (χ3v) is 5.84. The molecule has 0 saturated carbocycles. The number of hydrogen-bond donors (Lipinski definition) is 1. The number of para-hydroxylation sites is 2. The molecular formula is C23H21N3O5S. The zero-order valence-electron chi connectivity index (χ0n) is 18.0. The maximum Gasteiger partial charge on any atom is 0.339 e. The highest BCUT2D eigenvalue weighted by Crippen LogP contribution is 2.33. The molecule has 4 rings (SSSR count). The van der Waals surface area contributed by atoms with Gasteiger partial charge < -0.3 is 19.3 Å². The number of benzene rings is 1. The molecular weight excluding hydrogens is 430 g/mol. The maximum atomic E-state index is 12.9. The average Bonchev–Trinajstić information content (AvgIpc) is 3.32. The Morgan fingerprint density at radius 1 is 1.16 bits per heavy atom. The Kier molecular flexibility index (Phi) is 5.91. The van der Waals surface area contributed by atoms with E-state index in [2.05, 4.69) is 15.5 Å². The van der Waals surface area contributed by atoms with Gasteiger partial charge in [-0.15, -0.1) is 11.3 Å². The standard InChI is InChI=1S/C23H21N3O5S/c1-12-9-15(14(3)32-12)18-10-16(21-13(2)26-31-22(21)25-18)23(28)30-11-20(27)24-17-7-5-6-8-19(17)29-4/h5-10H,11H2,1-4H3,(H,24,27). The van der Waals surface area contributed by atoms with Crippen LogP contribution in [0.2, 0.25) is 0 Å². The summed E-state index contributed by atoms with van der Waals surface area (Å²) < 4.78 is 15.8. The number of carbonyl (C=O) groups excluding carboxylic acids is 2. The first-order chi connectivity index (χ1) is 15.4. The van der Waals surface area contributed by atoms with Gasteiger partial charge in [-0.25, -0.2) is 9.78 Å². The lowest BCUT2D eigenvalue weighted by atomic mass is 10.1. The molecule has 1 N–H and O–H groups in total. The second kappa shape index (κ2) is 8.80. The van der Waals surface area contributed by atoms with Gasteiger partial charge in [-0.05, 0) is 45.0 Å². The molecule has 0 aliphatic heterocycles. The van der Waals surface area contributed by atoms with Gasteiger partial charge in [0.1, 0.15) is 5.75 Å². The van der Waals surface area contributed by atoms with E-state index in [0.717, 1.165) is 15.3 Å². The summed E-state index contributed by atoms with van der Waals surface area (Å²) in [5, 5.41) is 7.08. The first kappa shape index (κ1) is 21.5. The molecule has 8 nitrogen and oxygen atoms in total. The lowest BCUT2D eigenvalue weighted by Gasteiger charge is -2.10. The van der Waals surface area contributed by atoms with E-state index in [0.29, 0.717) is 28.2 Å². The molecule has 9 heteroatoms. The summed E-state index contributed by atoms with van der Waals surface area (Å²) in [6.07, 6.45) is 0. The molecule has 1 aromatic carbocycles. The molecule has 0 aliphatic rings. The fourth-order valence-corrected chi connectivity index (χ4v) is 4.36. The van der Waals surface area contributed by atoms with Crippen molar-refractivity contribution >= 4 is 40.0 Å². The number of carbonyl (C=O) groups is 2. The minimum absolute atomic E-state index is 0.244. The van der Waals surface area contributed by atoms with E-state index in [9.17, 15) is 9.59 Å². The highest BCUT2D eigenvalue weighted by atomic mass is 32.1. The van der Waals surface area contributed by atoms with Gasteiger partial charge in [0.15, 0.2) is 6.61 Å². The Morgan fingerprint density at radius 3 is 2.66 bits per heavy atom. The number of anilines is 1. The molecule has 0 radical (unpaired) electrons. The number of pyridine rings is 1. The second-order valence-electron chi connectivity index (χ2n) is 7.15. The largest absolute Gasteiger partial charge is 0.495 e. The zero-order valence-corrected chi connectivity index (χ0v) is 18.8. The molecule has 0 spiro atoms. The predicted molar refractivity (Wildman–Crippen MR) is 121 cm³/mol. The minimum atomic E-state index is -0.662. The Balaban J connectivity index is 1.58. The molecule has 0 bridgehead atoms. The van der Waals surface area contributed by atoms with Crippen LogP contribution in [0.4, 0.5) is 5.69 Å². The van der Waals surface area contributed by atoms with Gasteiger partial charge in [0.05, 0.1) is 35.1 Å². The van der Waals surface area contributed by atoms with Crippen LogP contribution in [-0.4, -0.2) is 35.7 Å². The van der Waals surface area contributed by atoms with E-state index in [-0.39, 0.29) is 11.3 Å². The quantitative estimate of drug-likeness (QED) is 0.425. The number of fused-ring (bicyclic) bond motifs is 1. The van der Waals surface area contributed by atoms with Crippen molar-refractivity contribution in [3.8, 4) is 17.0 Å². The number of aromatic nitrogens is 2. The number of nitrogens with one attached hydrogen (secondary N) is 1. The molecule has 0 aliphatic carbocycles. The fourth-order valence-electron chi connectivity index (χ4n) is 3.42. The third kappa shape index (κ3) is 4.19. The summed E-state index contributed by atoms with van der Waals surface area (Å²) >= 11 is 1.64. The van der Waals surface area contributed by atoms with E-state index in [4.69, 9.17) is 14.0 Å². The molecule has 0 fully saturated rings. The molecule has 3 aromatic heterocycles. The predicted octanol–water partition coefficient (Wildman–Crippen LogP) is 4.68. The highest BCUT2D eigenvalue weighted by molar-refractivity contribution is 7.12. The first-order valence-electron chi connectivity index (χ1n) is 9.81. The number of amides is 1. The average molecular weight is 452 g/mol. The fraction of sp³-hybridized carbons (Fsp3) is 0.217. The molecule has 0 unspecified atom stereocenters. The summed E-state index contributed by atoms with van der Waals surface area (Å²) in [5.74, 6) is -0.640. The van der Waals surface area contributed by atoms with Crippen molar-refractivity contribution in [1.29, 1.82) is 0 Å². The van der Waals surface area contributed by atoms with Crippen molar-refractivity contribution in [1.82, 2.24) is 10.1 Å². The summed E-state index contributed by atoms with van der Waals surface area (Å²) in [6, 6.07) is 10.6. The summed E-state index contributed by atoms with van der Waals surface area (Å²) in [4.78, 5) is 32.0. The van der Waals surface area contributed by atoms with Crippen LogP contribution in [-0.2, 0) is 9.53 Å². The van der Waals surface area contributed by atoms with Gasteiger partial charge in [-0.3, -0.25) is 4.79 Å². The molecule has 0 saturated heterocycles. The normalized spacial score (nSPS) is 10.9. The van der Waals surface area contributed by atoms with Crippen LogP contribution in [0.15, 0.2) is 40.9 Å². The van der Waals surface area contributed by atoms with E-state index in [1.54, 1.807) is 48.6 Å². The summed E-state index contributed by atoms with van der Waals surface area (Å²) in [5.41, 5.74) is 2.99. The Hall–Kier alpha value is -3.72. The number of ether oxygens (including phenoxy) is 2. The summed E-state index contributed by atoms with van der Waals surface area (Å²) in [6.45, 7) is 5.26. The minimum Gasteiger partial charge on any atom is -0.495 e. The lowest BCUT2D eigenvalue weighted by Crippen LogP contribution is -2.21. The number of methoxy groups -OCH3 is 1. The van der Waals surface area contributed by atoms with Gasteiger partial charge in [0.25, 0.3) is 11.6 Å². The van der Waals surface area contributed by atoms with Gasteiger partial charge >= 0.3 is 5.97 Å². The Labute approximate surface area is 188 Å². The van der Waals surface area contributed by atoms with Crippen LogP contribution in [0.3, 0.4) is 0 Å². The van der Waals surface area contributed by atoms with Crippen LogP contribution < -0.4 is 10.1 Å². The van der Waals surface area contributed by atoms with Crippen molar-refractivity contribution in [2.45, 2.75) is 20.8 Å². The van der Waals surface area contributed by atoms with Crippen molar-refractivity contribution in [2.75, 3.05) is 19.0 Å². The molecule has 0 atom stereocenters. The monoisotopic (exact) mass is 451 g/mol. The van der Waals surface area contributed by atoms with Crippen LogP contribution in [0.25, 0.3) is 22.4 Å². The highest BCUT2D eigenvalue weighted by Gasteiger charge is 2.22. The van der Waals surface area contributed by atoms with Gasteiger partial charge in [0.2, 0.25) is 0 Å². The smallest absolute Gasteiger partial charge is 0.339 e. The number of esters is 1. The van der Waals surface area contributed by atoms with Crippen LogP contribution in [0.5, 0.6) is 5.75 Å². The maximum absolute atomic E-state index is 12.9. The topological polar surface area (TPSA) is 104 Å². The first-order valence-corrected chi connectivity index (χ1v) is 10.6. The Morgan fingerprint density at radius 2 is 1.94 bits per heavy atom. The van der Waals surface area contributed by atoms with Crippen LogP contribution in [0, 0.1) is 20.8 Å². The third-order valence-electron chi connectivity index (χ3n) is 4.87. The number of aryl methyl sites for hydroxylation is 3. The SMILES string of the molecule is COc1ccccc1NC(=O)COC(=O)c1cc(-c2cc(C)sc2C)nc2onc(C)c12. The van der Waals surface area contributed by atoms with E-state index < -0.39 is 18.5 Å². The number of nitrogens with zero attached hydrogens (tertiary/aromatic N) is 2. The molecule has 4 aromatic rings. The van der Waals surface area contributed by atoms with Crippen molar-refractivity contribution < 1.29 is 23.6 Å².